The Morgan fingerprint density at radius 1 is 1.29 bits per heavy atom. The summed E-state index contributed by atoms with van der Waals surface area (Å²) in [7, 11) is 0. The van der Waals surface area contributed by atoms with E-state index in [1.54, 1.807) is 30.5 Å². The Balaban J connectivity index is 2.27. The van der Waals surface area contributed by atoms with E-state index in [0.29, 0.717) is 22.6 Å². The number of carboxylic acids is 1. The van der Waals surface area contributed by atoms with Crippen LogP contribution in [0, 0.1) is 5.82 Å². The van der Waals surface area contributed by atoms with Crippen LogP contribution >= 0.6 is 0 Å². The zero-order valence-electron chi connectivity index (χ0n) is 11.0. The lowest BCUT2D eigenvalue weighted by Crippen LogP contribution is -2.05. The van der Waals surface area contributed by atoms with Crippen molar-refractivity contribution in [2.75, 3.05) is 5.73 Å². The van der Waals surface area contributed by atoms with Crippen LogP contribution in [0.15, 0.2) is 42.6 Å². The molecule has 2 aromatic heterocycles. The number of imidazole rings is 1. The van der Waals surface area contributed by atoms with Crippen LogP contribution in [0.2, 0.25) is 0 Å². The van der Waals surface area contributed by atoms with E-state index in [4.69, 9.17) is 10.8 Å². The maximum Gasteiger partial charge on any atom is 0.309 e. The lowest BCUT2D eigenvalue weighted by atomic mass is 10.1. The van der Waals surface area contributed by atoms with Gasteiger partial charge in [0, 0.05) is 17.4 Å². The zero-order chi connectivity index (χ0) is 15.0. The smallest absolute Gasteiger partial charge is 0.309 e. The Bertz CT molecular complexity index is 825. The normalized spacial score (nSPS) is 10.9. The number of benzene rings is 1. The van der Waals surface area contributed by atoms with Crippen molar-refractivity contribution in [3.63, 3.8) is 0 Å². The Labute approximate surface area is 119 Å². The van der Waals surface area contributed by atoms with Crippen LogP contribution in [0.4, 0.5) is 10.1 Å². The molecule has 3 rings (SSSR count). The van der Waals surface area contributed by atoms with Crippen LogP contribution in [0.1, 0.15) is 5.69 Å². The number of hydrogen-bond acceptors (Lipinski definition) is 3. The van der Waals surface area contributed by atoms with Crippen LogP contribution in [0.5, 0.6) is 0 Å². The van der Waals surface area contributed by atoms with Gasteiger partial charge in [-0.15, -0.1) is 0 Å². The summed E-state index contributed by atoms with van der Waals surface area (Å²) < 4.78 is 15.3. The van der Waals surface area contributed by atoms with Gasteiger partial charge in [-0.3, -0.25) is 4.79 Å². The number of aliphatic carboxylic acids is 1. The van der Waals surface area contributed by atoms with E-state index >= 15 is 0 Å². The fraction of sp³-hybridized carbons (Fsp3) is 0.0667. The molecule has 1 aromatic carbocycles. The Morgan fingerprint density at radius 3 is 2.67 bits per heavy atom. The van der Waals surface area contributed by atoms with Gasteiger partial charge in [-0.2, -0.15) is 0 Å². The summed E-state index contributed by atoms with van der Waals surface area (Å²) >= 11 is 0. The summed E-state index contributed by atoms with van der Waals surface area (Å²) in [6.45, 7) is 0. The number of carbonyl (C=O) groups is 1. The number of nitrogens with two attached hydrogens (primary N) is 1. The van der Waals surface area contributed by atoms with Crippen LogP contribution in [0.25, 0.3) is 16.9 Å². The molecule has 6 heteroatoms. The molecule has 3 N–H and O–H groups in total. The van der Waals surface area contributed by atoms with E-state index < -0.39 is 11.8 Å². The number of nitrogen functional groups attached to an aromatic ring is 1. The van der Waals surface area contributed by atoms with Crippen LogP contribution in [-0.2, 0) is 11.2 Å². The summed E-state index contributed by atoms with van der Waals surface area (Å²) in [5.41, 5.74) is 7.92. The fourth-order valence-electron chi connectivity index (χ4n) is 2.27. The van der Waals surface area contributed by atoms with E-state index in [9.17, 15) is 9.18 Å². The maximum absolute atomic E-state index is 13.8. The summed E-state index contributed by atoms with van der Waals surface area (Å²) in [4.78, 5) is 15.3. The second-order valence-electron chi connectivity index (χ2n) is 4.65. The molecule has 0 saturated heterocycles. The molecule has 0 spiro atoms. The highest BCUT2D eigenvalue weighted by atomic mass is 19.1. The number of fused-ring (bicyclic) bond motifs is 1. The molecule has 5 nitrogen and oxygen atoms in total. The van der Waals surface area contributed by atoms with Crippen LogP contribution < -0.4 is 5.73 Å². The predicted octanol–water partition coefficient (Wildman–Crippen LogP) is 2.35. The van der Waals surface area contributed by atoms with Crippen molar-refractivity contribution in [3.8, 4) is 11.3 Å². The second-order valence-corrected chi connectivity index (χ2v) is 4.65. The molecule has 0 saturated carbocycles. The lowest BCUT2D eigenvalue weighted by molar-refractivity contribution is -0.136. The van der Waals surface area contributed by atoms with Gasteiger partial charge in [0.25, 0.3) is 0 Å². The minimum atomic E-state index is -1.00. The van der Waals surface area contributed by atoms with Gasteiger partial charge in [-0.25, -0.2) is 9.37 Å². The Kier molecular flexibility index (Phi) is 3.06. The SMILES string of the molecule is Nc1ccc(-c2nc3c(F)cccn3c2CC(=O)O)cc1. The van der Waals surface area contributed by atoms with Gasteiger partial charge in [0.2, 0.25) is 0 Å². The number of rotatable bonds is 3. The van der Waals surface area contributed by atoms with E-state index in [0.717, 1.165) is 0 Å². The van der Waals surface area contributed by atoms with E-state index in [-0.39, 0.29) is 12.1 Å². The molecule has 106 valence electrons. The first-order valence-electron chi connectivity index (χ1n) is 6.29. The number of anilines is 1. The third-order valence-electron chi connectivity index (χ3n) is 3.20. The molecule has 2 heterocycles. The van der Waals surface area contributed by atoms with Gasteiger partial charge in [-0.1, -0.05) is 12.1 Å². The number of nitrogens with zero attached hydrogens (tertiary/aromatic N) is 2. The van der Waals surface area contributed by atoms with Crippen LogP contribution in [0.3, 0.4) is 0 Å². The van der Waals surface area contributed by atoms with Gasteiger partial charge in [0.05, 0.1) is 17.8 Å². The van der Waals surface area contributed by atoms with Gasteiger partial charge in [-0.05, 0) is 24.3 Å². The standard InChI is InChI=1S/C15H12FN3O2/c16-11-2-1-7-19-12(8-13(20)21)14(18-15(11)19)9-3-5-10(17)6-4-9/h1-7H,8,17H2,(H,20,21). The summed E-state index contributed by atoms with van der Waals surface area (Å²) in [5.74, 6) is -1.50. The molecule has 3 aromatic rings. The molecule has 0 atom stereocenters. The number of aromatic nitrogens is 2. The number of hydrogen-bond donors (Lipinski definition) is 2. The van der Waals surface area contributed by atoms with E-state index in [2.05, 4.69) is 4.98 Å². The predicted molar refractivity (Wildman–Crippen MR) is 76.3 cm³/mol. The van der Waals surface area contributed by atoms with Gasteiger partial charge in [0.15, 0.2) is 11.5 Å². The second kappa shape index (κ2) is 4.90. The highest BCUT2D eigenvalue weighted by Crippen LogP contribution is 2.26. The van der Waals surface area contributed by atoms with Crippen molar-refractivity contribution in [3.05, 3.63) is 54.1 Å². The molecule has 0 radical (unpaired) electrons. The topological polar surface area (TPSA) is 80.6 Å². The average Bonchev–Trinajstić information content (AvgIpc) is 2.80. The highest BCUT2D eigenvalue weighted by Gasteiger charge is 2.18. The fourth-order valence-corrected chi connectivity index (χ4v) is 2.27. The van der Waals surface area contributed by atoms with Crippen molar-refractivity contribution >= 4 is 17.3 Å². The molecular formula is C15H12FN3O2. The third-order valence-corrected chi connectivity index (χ3v) is 3.20. The summed E-state index contributed by atoms with van der Waals surface area (Å²) in [6, 6.07) is 9.67. The average molecular weight is 285 g/mol. The van der Waals surface area contributed by atoms with Gasteiger partial charge in [0.1, 0.15) is 0 Å². The van der Waals surface area contributed by atoms with Crippen molar-refractivity contribution in [1.29, 1.82) is 0 Å². The van der Waals surface area contributed by atoms with Crippen molar-refractivity contribution in [1.82, 2.24) is 9.38 Å². The first-order chi connectivity index (χ1) is 10.1. The minimum absolute atomic E-state index is 0.112. The monoisotopic (exact) mass is 285 g/mol. The molecule has 0 aliphatic carbocycles. The van der Waals surface area contributed by atoms with Gasteiger partial charge >= 0.3 is 5.97 Å². The first kappa shape index (κ1) is 13.1. The molecule has 21 heavy (non-hydrogen) atoms. The highest BCUT2D eigenvalue weighted by molar-refractivity contribution is 5.76. The molecule has 0 aliphatic heterocycles. The maximum atomic E-state index is 13.8. The number of pyridine rings is 1. The number of carboxylic acid groups (broad SMARTS) is 1. The largest absolute Gasteiger partial charge is 0.481 e. The molecule has 0 bridgehead atoms. The summed E-state index contributed by atoms with van der Waals surface area (Å²) in [5, 5.41) is 9.07. The van der Waals surface area contributed by atoms with Gasteiger partial charge < -0.3 is 15.2 Å². The quantitative estimate of drug-likeness (QED) is 0.724. The number of halogens is 1. The molecular weight excluding hydrogens is 273 g/mol. The van der Waals surface area contributed by atoms with Crippen molar-refractivity contribution < 1.29 is 14.3 Å². The van der Waals surface area contributed by atoms with E-state index in [1.165, 1.54) is 16.5 Å². The summed E-state index contributed by atoms with van der Waals surface area (Å²) in [6.07, 6.45) is 1.36. The van der Waals surface area contributed by atoms with Crippen LogP contribution in [-0.4, -0.2) is 20.5 Å². The Hall–Kier alpha value is -2.89. The molecule has 0 unspecified atom stereocenters. The lowest BCUT2D eigenvalue weighted by Gasteiger charge is -2.03. The zero-order valence-corrected chi connectivity index (χ0v) is 11.0. The minimum Gasteiger partial charge on any atom is -0.481 e. The molecule has 0 fully saturated rings. The molecule has 0 aliphatic rings. The third kappa shape index (κ3) is 2.31. The van der Waals surface area contributed by atoms with E-state index in [1.807, 2.05) is 0 Å². The molecule has 0 amide bonds. The van der Waals surface area contributed by atoms with Crippen molar-refractivity contribution in [2.45, 2.75) is 6.42 Å². The first-order valence-corrected chi connectivity index (χ1v) is 6.29. The Morgan fingerprint density at radius 2 is 2.00 bits per heavy atom. The van der Waals surface area contributed by atoms with Crippen molar-refractivity contribution in [2.24, 2.45) is 0 Å².